The van der Waals surface area contributed by atoms with E-state index in [0.717, 1.165) is 6.07 Å². The summed E-state index contributed by atoms with van der Waals surface area (Å²) in [6, 6.07) is 0.430. The van der Waals surface area contributed by atoms with Crippen LogP contribution in [0.5, 0.6) is 0 Å². The van der Waals surface area contributed by atoms with Crippen molar-refractivity contribution in [1.82, 2.24) is 4.72 Å². The second-order valence-electron chi connectivity index (χ2n) is 6.04. The molecule has 1 aromatic carbocycles. The van der Waals surface area contributed by atoms with E-state index in [1.165, 1.54) is 7.11 Å². The van der Waals surface area contributed by atoms with Gasteiger partial charge >= 0.3 is 5.97 Å². The fraction of sp³-hybridized carbons (Fsp3) is 0.533. The lowest BCUT2D eigenvalue weighted by Crippen LogP contribution is -2.42. The maximum atomic E-state index is 13.8. The summed E-state index contributed by atoms with van der Waals surface area (Å²) in [5.41, 5.74) is -0.115. The van der Waals surface area contributed by atoms with Crippen LogP contribution in [-0.4, -0.2) is 28.1 Å². The molecule has 1 rings (SSSR count). The quantitative estimate of drug-likeness (QED) is 0.633. The zero-order valence-electron chi connectivity index (χ0n) is 13.4. The fourth-order valence-corrected chi connectivity index (χ4v) is 2.58. The van der Waals surface area contributed by atoms with Crippen molar-refractivity contribution < 1.29 is 26.9 Å². The number of methoxy groups -OCH3 is 1. The van der Waals surface area contributed by atoms with Crippen LogP contribution in [0.1, 0.15) is 32.8 Å². The topological polar surface area (TPSA) is 55.4 Å². The summed E-state index contributed by atoms with van der Waals surface area (Å²) in [6.07, 6.45) is -0.323. The minimum Gasteiger partial charge on any atom is -0.469 e. The first-order chi connectivity index (χ1) is 10.5. The zero-order chi connectivity index (χ0) is 17.8. The number of nitrogens with one attached hydrogen (secondary N) is 1. The van der Waals surface area contributed by atoms with Crippen LogP contribution in [0.25, 0.3) is 0 Å². The average molecular weight is 351 g/mol. The van der Waals surface area contributed by atoms with Crippen molar-refractivity contribution in [2.45, 2.75) is 44.4 Å². The van der Waals surface area contributed by atoms with Crippen LogP contribution in [-0.2, 0) is 26.9 Å². The van der Waals surface area contributed by atoms with Gasteiger partial charge in [0.2, 0.25) is 0 Å². The normalized spacial score (nSPS) is 14.4. The van der Waals surface area contributed by atoms with Gasteiger partial charge in [0.25, 0.3) is 0 Å². The molecule has 8 heteroatoms. The first-order valence-corrected chi connectivity index (χ1v) is 8.08. The third-order valence-corrected chi connectivity index (χ3v) is 4.69. The molecule has 0 bridgehead atoms. The van der Waals surface area contributed by atoms with Crippen molar-refractivity contribution in [2.24, 2.45) is 0 Å². The molecule has 0 aliphatic rings. The maximum Gasteiger partial charge on any atom is 0.307 e. The summed E-state index contributed by atoms with van der Waals surface area (Å²) in [7, 11) is -0.331. The Morgan fingerprint density at radius 1 is 1.22 bits per heavy atom. The summed E-state index contributed by atoms with van der Waals surface area (Å²) in [4.78, 5) is 11.5. The lowest BCUT2D eigenvalue weighted by atomic mass is 10.0. The van der Waals surface area contributed by atoms with Crippen molar-refractivity contribution in [2.75, 3.05) is 7.11 Å². The van der Waals surface area contributed by atoms with Gasteiger partial charge in [-0.2, -0.15) is 0 Å². The van der Waals surface area contributed by atoms with Gasteiger partial charge in [-0.25, -0.2) is 22.1 Å². The summed E-state index contributed by atoms with van der Waals surface area (Å²) in [5, 5.41) is 0. The smallest absolute Gasteiger partial charge is 0.307 e. The third-order valence-electron chi connectivity index (χ3n) is 3.03. The highest BCUT2D eigenvalue weighted by Gasteiger charge is 2.25. The molecular weight excluding hydrogens is 331 g/mol. The van der Waals surface area contributed by atoms with E-state index in [9.17, 15) is 22.2 Å². The van der Waals surface area contributed by atoms with E-state index in [1.807, 2.05) is 0 Å². The highest BCUT2D eigenvalue weighted by atomic mass is 32.2. The Labute approximate surface area is 136 Å². The third kappa shape index (κ3) is 5.95. The maximum absolute atomic E-state index is 13.8. The van der Waals surface area contributed by atoms with Gasteiger partial charge in [-0.05, 0) is 38.8 Å². The monoisotopic (exact) mass is 351 g/mol. The molecule has 0 aromatic heterocycles. The number of hydrogen-bond acceptors (Lipinski definition) is 3. The Morgan fingerprint density at radius 3 is 2.30 bits per heavy atom. The highest BCUT2D eigenvalue weighted by molar-refractivity contribution is 7.84. The van der Waals surface area contributed by atoms with E-state index in [0.29, 0.717) is 6.07 Å². The number of ether oxygens (including phenoxy) is 1. The van der Waals surface area contributed by atoms with E-state index in [1.54, 1.807) is 20.8 Å². The van der Waals surface area contributed by atoms with Crippen molar-refractivity contribution in [3.05, 3.63) is 35.1 Å². The van der Waals surface area contributed by atoms with Crippen LogP contribution in [0.2, 0.25) is 0 Å². The van der Waals surface area contributed by atoms with E-state index in [-0.39, 0.29) is 18.4 Å². The van der Waals surface area contributed by atoms with E-state index in [2.05, 4.69) is 9.46 Å². The number of hydrogen-bond donors (Lipinski definition) is 1. The number of esters is 1. The molecule has 2 atom stereocenters. The molecule has 0 fully saturated rings. The predicted octanol–water partition coefficient (Wildman–Crippen LogP) is 2.63. The molecule has 1 N–H and O–H groups in total. The van der Waals surface area contributed by atoms with Crippen LogP contribution >= 0.6 is 0 Å². The number of rotatable bonds is 6. The summed E-state index contributed by atoms with van der Waals surface area (Å²) in [6.45, 7) is 5.18. The molecule has 130 valence electrons. The molecule has 0 aliphatic heterocycles. The Morgan fingerprint density at radius 2 is 1.78 bits per heavy atom. The van der Waals surface area contributed by atoms with Crippen LogP contribution in [0.3, 0.4) is 0 Å². The van der Waals surface area contributed by atoms with Crippen LogP contribution in [0, 0.1) is 17.5 Å². The summed E-state index contributed by atoms with van der Waals surface area (Å²) < 4.78 is 58.8. The molecule has 0 amide bonds. The van der Waals surface area contributed by atoms with Crippen LogP contribution in [0.4, 0.5) is 13.2 Å². The van der Waals surface area contributed by atoms with Gasteiger partial charge in [0.15, 0.2) is 11.6 Å². The summed E-state index contributed by atoms with van der Waals surface area (Å²) in [5.74, 6) is -3.99. The Bertz CT molecular complexity index is 602. The first kappa shape index (κ1) is 19.6. The van der Waals surface area contributed by atoms with Crippen molar-refractivity contribution in [1.29, 1.82) is 0 Å². The molecule has 1 unspecified atom stereocenters. The van der Waals surface area contributed by atoms with E-state index in [4.69, 9.17) is 0 Å². The van der Waals surface area contributed by atoms with Gasteiger partial charge in [0.05, 0.1) is 29.3 Å². The Kier molecular flexibility index (Phi) is 6.76. The Hall–Kier alpha value is -1.41. The standard InChI is InChI=1S/C15H20F3NO3S/c1-15(2,3)23(21)19-10(7-14(20)22-4)5-9-6-12(17)13(18)8-11(9)16/h6,8,10,19H,5,7H2,1-4H3/t10-,23?/m1/s1. The minimum atomic E-state index is -1.52. The molecule has 0 aliphatic carbocycles. The molecule has 1 aromatic rings. The van der Waals surface area contributed by atoms with Crippen molar-refractivity contribution >= 4 is 17.0 Å². The zero-order valence-corrected chi connectivity index (χ0v) is 14.2. The van der Waals surface area contributed by atoms with Gasteiger partial charge in [0.1, 0.15) is 5.82 Å². The second kappa shape index (κ2) is 7.92. The van der Waals surface area contributed by atoms with Gasteiger partial charge in [-0.15, -0.1) is 0 Å². The molecule has 0 saturated carbocycles. The number of halogens is 3. The van der Waals surface area contributed by atoms with Gasteiger partial charge in [-0.3, -0.25) is 4.79 Å². The molecule has 23 heavy (non-hydrogen) atoms. The largest absolute Gasteiger partial charge is 0.469 e. The first-order valence-electron chi connectivity index (χ1n) is 6.93. The molecule has 0 radical (unpaired) electrons. The number of benzene rings is 1. The molecule has 4 nitrogen and oxygen atoms in total. The Balaban J connectivity index is 2.99. The summed E-state index contributed by atoms with van der Waals surface area (Å²) >= 11 is 0. The molecule has 0 heterocycles. The lowest BCUT2D eigenvalue weighted by molar-refractivity contribution is -0.141. The number of carbonyl (C=O) groups is 1. The average Bonchev–Trinajstić information content (AvgIpc) is 2.43. The minimum absolute atomic E-state index is 0.115. The van der Waals surface area contributed by atoms with Crippen LogP contribution < -0.4 is 4.72 Å². The van der Waals surface area contributed by atoms with Gasteiger partial charge in [-0.1, -0.05) is 0 Å². The van der Waals surface area contributed by atoms with Crippen LogP contribution in [0.15, 0.2) is 12.1 Å². The van der Waals surface area contributed by atoms with Crippen molar-refractivity contribution in [3.8, 4) is 0 Å². The molecule has 0 saturated heterocycles. The fourth-order valence-electron chi connectivity index (χ4n) is 1.75. The van der Waals surface area contributed by atoms with Gasteiger partial charge < -0.3 is 4.74 Å². The molecular formula is C15H20F3NO3S. The highest BCUT2D eigenvalue weighted by Crippen LogP contribution is 2.18. The van der Waals surface area contributed by atoms with Crippen molar-refractivity contribution in [3.63, 3.8) is 0 Å². The lowest BCUT2D eigenvalue weighted by Gasteiger charge is -2.24. The second-order valence-corrected chi connectivity index (χ2v) is 8.04. The van der Waals surface area contributed by atoms with Gasteiger partial charge in [0, 0.05) is 12.1 Å². The number of carbonyl (C=O) groups excluding carboxylic acids is 1. The molecule has 0 spiro atoms. The van der Waals surface area contributed by atoms with E-state index >= 15 is 0 Å². The van der Waals surface area contributed by atoms with E-state index < -0.39 is 45.2 Å². The predicted molar refractivity (Wildman–Crippen MR) is 81.5 cm³/mol. The SMILES string of the molecule is COC(=O)C[C@@H](Cc1cc(F)c(F)cc1F)NS(=O)C(C)(C)C.